The number of hydrogen-bond acceptors (Lipinski definition) is 2. The Morgan fingerprint density at radius 1 is 1.00 bits per heavy atom. The number of aryl methyl sites for hydroxylation is 2. The highest BCUT2D eigenvalue weighted by molar-refractivity contribution is 5.63. The van der Waals surface area contributed by atoms with Crippen molar-refractivity contribution in [3.63, 3.8) is 0 Å². The van der Waals surface area contributed by atoms with Crippen molar-refractivity contribution in [1.82, 2.24) is 9.47 Å². The van der Waals surface area contributed by atoms with E-state index in [2.05, 4.69) is 36.1 Å². The predicted octanol–water partition coefficient (Wildman–Crippen LogP) is 3.91. The first kappa shape index (κ1) is 16.0. The molecule has 1 saturated heterocycles. The summed E-state index contributed by atoms with van der Waals surface area (Å²) < 4.78 is 1.66. The maximum Gasteiger partial charge on any atom is 0.253 e. The Morgan fingerprint density at radius 3 is 2.26 bits per heavy atom. The van der Waals surface area contributed by atoms with Gasteiger partial charge in [0, 0.05) is 24.8 Å². The van der Waals surface area contributed by atoms with Crippen molar-refractivity contribution < 1.29 is 0 Å². The zero-order valence-corrected chi connectivity index (χ0v) is 14.4. The van der Waals surface area contributed by atoms with E-state index in [9.17, 15) is 4.79 Å². The summed E-state index contributed by atoms with van der Waals surface area (Å²) in [6, 6.07) is 11.3. The zero-order chi connectivity index (χ0) is 16.4. The van der Waals surface area contributed by atoms with Crippen LogP contribution in [0, 0.1) is 6.92 Å². The molecule has 0 N–H and O–H groups in total. The monoisotopic (exact) mass is 310 g/mol. The van der Waals surface area contributed by atoms with Crippen molar-refractivity contribution >= 4 is 0 Å². The molecule has 0 aliphatic carbocycles. The number of aromatic nitrogens is 1. The van der Waals surface area contributed by atoms with Crippen molar-refractivity contribution in [3.05, 3.63) is 58.0 Å². The van der Waals surface area contributed by atoms with Crippen LogP contribution in [0.5, 0.6) is 0 Å². The van der Waals surface area contributed by atoms with Gasteiger partial charge in [0.15, 0.2) is 0 Å². The first-order valence-electron chi connectivity index (χ1n) is 8.58. The topological polar surface area (TPSA) is 25.2 Å². The van der Waals surface area contributed by atoms with Gasteiger partial charge in [-0.2, -0.15) is 0 Å². The minimum absolute atomic E-state index is 0.0732. The van der Waals surface area contributed by atoms with Gasteiger partial charge in [-0.1, -0.05) is 30.7 Å². The predicted molar refractivity (Wildman–Crippen MR) is 95.7 cm³/mol. The first-order chi connectivity index (χ1) is 11.1. The van der Waals surface area contributed by atoms with E-state index in [1.807, 2.05) is 26.2 Å². The SMILES string of the molecule is Cc1cc(-c2ccc([C@H](C)N3CCCCC3)cc2)cn(C)c1=O. The van der Waals surface area contributed by atoms with E-state index in [1.165, 1.54) is 43.5 Å². The fraction of sp³-hybridized carbons (Fsp3) is 0.450. The maximum atomic E-state index is 11.8. The van der Waals surface area contributed by atoms with Crippen LogP contribution in [-0.4, -0.2) is 22.6 Å². The minimum atomic E-state index is 0.0732. The Balaban J connectivity index is 1.83. The highest BCUT2D eigenvalue weighted by atomic mass is 16.1. The van der Waals surface area contributed by atoms with E-state index in [4.69, 9.17) is 0 Å². The molecule has 1 aromatic carbocycles. The molecule has 122 valence electrons. The lowest BCUT2D eigenvalue weighted by Gasteiger charge is -2.32. The van der Waals surface area contributed by atoms with E-state index < -0.39 is 0 Å². The van der Waals surface area contributed by atoms with Crippen LogP contribution >= 0.6 is 0 Å². The third-order valence-corrected chi connectivity index (χ3v) is 5.03. The van der Waals surface area contributed by atoms with Crippen LogP contribution in [0.25, 0.3) is 11.1 Å². The first-order valence-corrected chi connectivity index (χ1v) is 8.58. The molecule has 3 rings (SSSR count). The summed E-state index contributed by atoms with van der Waals surface area (Å²) in [4.78, 5) is 14.4. The second-order valence-corrected chi connectivity index (χ2v) is 6.72. The van der Waals surface area contributed by atoms with Gasteiger partial charge < -0.3 is 4.57 Å². The van der Waals surface area contributed by atoms with Crippen molar-refractivity contribution in [2.24, 2.45) is 7.05 Å². The Bertz CT molecular complexity index is 698. The molecular weight excluding hydrogens is 284 g/mol. The standard InChI is InChI=1S/C20H26N2O/c1-15-13-19(14-21(3)20(15)23)18-9-7-17(8-10-18)16(2)22-11-5-4-6-12-22/h7-10,13-14,16H,4-6,11-12H2,1-3H3/t16-/m0/s1. The molecule has 2 heterocycles. The quantitative estimate of drug-likeness (QED) is 0.859. The third kappa shape index (κ3) is 3.40. The summed E-state index contributed by atoms with van der Waals surface area (Å²) >= 11 is 0. The smallest absolute Gasteiger partial charge is 0.253 e. The van der Waals surface area contributed by atoms with E-state index in [0.29, 0.717) is 6.04 Å². The molecular formula is C20H26N2O. The molecule has 0 radical (unpaired) electrons. The highest BCUT2D eigenvalue weighted by Gasteiger charge is 2.18. The Kier molecular flexibility index (Phi) is 4.67. The number of rotatable bonds is 3. The summed E-state index contributed by atoms with van der Waals surface area (Å²) in [5, 5.41) is 0. The van der Waals surface area contributed by atoms with Crippen molar-refractivity contribution in [2.75, 3.05) is 13.1 Å². The molecule has 0 unspecified atom stereocenters. The fourth-order valence-corrected chi connectivity index (χ4v) is 3.51. The lowest BCUT2D eigenvalue weighted by Crippen LogP contribution is -2.32. The van der Waals surface area contributed by atoms with Crippen LogP contribution in [0.1, 0.15) is 43.4 Å². The number of pyridine rings is 1. The number of benzene rings is 1. The van der Waals surface area contributed by atoms with Gasteiger partial charge in [-0.05, 0) is 62.5 Å². The summed E-state index contributed by atoms with van der Waals surface area (Å²) in [5.74, 6) is 0. The third-order valence-electron chi connectivity index (χ3n) is 5.03. The van der Waals surface area contributed by atoms with Gasteiger partial charge >= 0.3 is 0 Å². The van der Waals surface area contributed by atoms with Gasteiger partial charge in [-0.3, -0.25) is 9.69 Å². The van der Waals surface area contributed by atoms with Gasteiger partial charge in [0.25, 0.3) is 5.56 Å². The Hall–Kier alpha value is -1.87. The van der Waals surface area contributed by atoms with E-state index in [-0.39, 0.29) is 5.56 Å². The molecule has 0 spiro atoms. The fourth-order valence-electron chi connectivity index (χ4n) is 3.51. The molecule has 1 aliphatic heterocycles. The Morgan fingerprint density at radius 2 is 1.65 bits per heavy atom. The highest BCUT2D eigenvalue weighted by Crippen LogP contribution is 2.26. The van der Waals surface area contributed by atoms with E-state index in [1.54, 1.807) is 4.57 Å². The van der Waals surface area contributed by atoms with Gasteiger partial charge in [0.05, 0.1) is 0 Å². The molecule has 0 amide bonds. The molecule has 3 nitrogen and oxygen atoms in total. The van der Waals surface area contributed by atoms with Crippen LogP contribution in [0.4, 0.5) is 0 Å². The second-order valence-electron chi connectivity index (χ2n) is 6.72. The lowest BCUT2D eigenvalue weighted by molar-refractivity contribution is 0.175. The molecule has 3 heteroatoms. The number of nitrogens with zero attached hydrogens (tertiary/aromatic N) is 2. The average molecular weight is 310 g/mol. The minimum Gasteiger partial charge on any atom is -0.318 e. The molecule has 1 atom stereocenters. The lowest BCUT2D eigenvalue weighted by atomic mass is 9.99. The van der Waals surface area contributed by atoms with E-state index in [0.717, 1.165) is 11.1 Å². The number of hydrogen-bond donors (Lipinski definition) is 0. The van der Waals surface area contributed by atoms with Crippen molar-refractivity contribution in [2.45, 2.75) is 39.2 Å². The van der Waals surface area contributed by atoms with Crippen molar-refractivity contribution in [3.8, 4) is 11.1 Å². The zero-order valence-electron chi connectivity index (χ0n) is 14.4. The summed E-state index contributed by atoms with van der Waals surface area (Å²) in [6.45, 7) is 6.60. The van der Waals surface area contributed by atoms with E-state index >= 15 is 0 Å². The Labute approximate surface area is 138 Å². The van der Waals surface area contributed by atoms with Crippen LogP contribution in [0.2, 0.25) is 0 Å². The van der Waals surface area contributed by atoms with Gasteiger partial charge in [0.1, 0.15) is 0 Å². The summed E-state index contributed by atoms with van der Waals surface area (Å²) in [6.07, 6.45) is 5.92. The van der Waals surface area contributed by atoms with Crippen LogP contribution in [0.3, 0.4) is 0 Å². The van der Waals surface area contributed by atoms with Gasteiger partial charge in [-0.25, -0.2) is 0 Å². The molecule has 1 aromatic heterocycles. The second kappa shape index (κ2) is 6.71. The molecule has 23 heavy (non-hydrogen) atoms. The summed E-state index contributed by atoms with van der Waals surface area (Å²) in [7, 11) is 1.81. The molecule has 2 aromatic rings. The number of piperidine rings is 1. The van der Waals surface area contributed by atoms with Crippen LogP contribution in [-0.2, 0) is 7.05 Å². The number of likely N-dealkylation sites (tertiary alicyclic amines) is 1. The van der Waals surface area contributed by atoms with Gasteiger partial charge in [0.2, 0.25) is 0 Å². The molecule has 0 bridgehead atoms. The normalized spacial score (nSPS) is 17.2. The maximum absolute atomic E-state index is 11.8. The molecule has 0 saturated carbocycles. The molecule has 1 fully saturated rings. The van der Waals surface area contributed by atoms with Gasteiger partial charge in [-0.15, -0.1) is 0 Å². The molecule has 1 aliphatic rings. The largest absolute Gasteiger partial charge is 0.318 e. The average Bonchev–Trinajstić information content (AvgIpc) is 2.59. The summed E-state index contributed by atoms with van der Waals surface area (Å²) in [5.41, 5.74) is 4.50. The van der Waals surface area contributed by atoms with Crippen LogP contribution in [0.15, 0.2) is 41.3 Å². The van der Waals surface area contributed by atoms with Crippen molar-refractivity contribution in [1.29, 1.82) is 0 Å². The van der Waals surface area contributed by atoms with Crippen LogP contribution < -0.4 is 5.56 Å².